The Kier molecular flexibility index (Phi) is 3.72. The summed E-state index contributed by atoms with van der Waals surface area (Å²) in [5.74, 6) is 3.08. The quantitative estimate of drug-likeness (QED) is 0.427. The van der Waals surface area contributed by atoms with Gasteiger partial charge in [-0.25, -0.2) is 0 Å². The first-order valence-corrected chi connectivity index (χ1v) is 8.83. The van der Waals surface area contributed by atoms with Gasteiger partial charge in [0.1, 0.15) is 8.07 Å². The van der Waals surface area contributed by atoms with E-state index < -0.39 is 8.07 Å². The van der Waals surface area contributed by atoms with Gasteiger partial charge in [0, 0.05) is 5.56 Å². The molecule has 0 amide bonds. The van der Waals surface area contributed by atoms with Gasteiger partial charge in [-0.1, -0.05) is 48.8 Å². The van der Waals surface area contributed by atoms with Gasteiger partial charge >= 0.3 is 0 Å². The lowest BCUT2D eigenvalue weighted by molar-refractivity contribution is 1.63. The third-order valence-corrected chi connectivity index (χ3v) is 3.16. The first-order valence-electron chi connectivity index (χ1n) is 4.57. The van der Waals surface area contributed by atoms with Crippen LogP contribution in [-0.4, -0.2) is 8.07 Å². The summed E-state index contributed by atoms with van der Waals surface area (Å²) in [7, 11) is -1.37. The lowest BCUT2D eigenvalue weighted by Crippen LogP contribution is -2.16. The normalized spacial score (nSPS) is 10.7. The van der Waals surface area contributed by atoms with Crippen LogP contribution in [0, 0.1) is 11.5 Å². The Balaban J connectivity index is 3.12. The number of anilines is 1. The average molecular weight is 258 g/mol. The number of benzene rings is 1. The molecule has 0 aliphatic carbocycles. The molecule has 1 aromatic rings. The highest BCUT2D eigenvalue weighted by Crippen LogP contribution is 2.28. The van der Waals surface area contributed by atoms with E-state index in [1.807, 2.05) is 0 Å². The fourth-order valence-electron chi connectivity index (χ4n) is 0.916. The highest BCUT2D eigenvalue weighted by atomic mass is 35.5. The van der Waals surface area contributed by atoms with Gasteiger partial charge < -0.3 is 5.73 Å². The first-order chi connectivity index (χ1) is 6.79. The molecule has 1 nitrogen and oxygen atoms in total. The zero-order chi connectivity index (χ0) is 11.6. The maximum atomic E-state index is 5.90. The molecule has 0 unspecified atom stereocenters. The van der Waals surface area contributed by atoms with E-state index in [1.54, 1.807) is 12.1 Å². The van der Waals surface area contributed by atoms with Crippen molar-refractivity contribution in [1.82, 2.24) is 0 Å². The third-order valence-electron chi connectivity index (χ3n) is 1.66. The van der Waals surface area contributed by atoms with Gasteiger partial charge in [0.05, 0.1) is 15.7 Å². The van der Waals surface area contributed by atoms with Crippen molar-refractivity contribution in [3.8, 4) is 11.5 Å². The van der Waals surface area contributed by atoms with Gasteiger partial charge in [-0.2, -0.15) is 0 Å². The van der Waals surface area contributed by atoms with E-state index in [2.05, 4.69) is 31.1 Å². The molecular formula is C11H13Cl2NSi. The number of nitrogens with two attached hydrogens (primary N) is 1. The van der Waals surface area contributed by atoms with Crippen molar-refractivity contribution in [2.75, 3.05) is 5.73 Å². The Bertz CT molecular complexity index is 415. The summed E-state index contributed by atoms with van der Waals surface area (Å²) in [6, 6.07) is 3.49. The average Bonchev–Trinajstić information content (AvgIpc) is 2.09. The third kappa shape index (κ3) is 3.79. The maximum Gasteiger partial charge on any atom is 0.129 e. The van der Waals surface area contributed by atoms with E-state index in [1.165, 1.54) is 0 Å². The van der Waals surface area contributed by atoms with Crippen molar-refractivity contribution in [2.45, 2.75) is 19.6 Å². The maximum absolute atomic E-state index is 5.90. The molecule has 0 heterocycles. The number of rotatable bonds is 0. The van der Waals surface area contributed by atoms with Gasteiger partial charge in [-0.05, 0) is 12.1 Å². The van der Waals surface area contributed by atoms with Crippen LogP contribution in [0.5, 0.6) is 0 Å². The number of nitrogen functional groups attached to an aromatic ring is 1. The Morgan fingerprint density at radius 1 is 1.13 bits per heavy atom. The van der Waals surface area contributed by atoms with Crippen LogP contribution in [0.15, 0.2) is 12.1 Å². The van der Waals surface area contributed by atoms with Gasteiger partial charge in [0.2, 0.25) is 0 Å². The molecule has 0 aliphatic rings. The number of halogens is 2. The fraction of sp³-hybridized carbons (Fsp3) is 0.273. The van der Waals surface area contributed by atoms with E-state index in [4.69, 9.17) is 28.9 Å². The second-order valence-corrected chi connectivity index (χ2v) is 9.92. The van der Waals surface area contributed by atoms with Crippen LogP contribution in [0.2, 0.25) is 29.7 Å². The van der Waals surface area contributed by atoms with Crippen LogP contribution in [0.1, 0.15) is 5.56 Å². The Labute approximate surface area is 102 Å². The van der Waals surface area contributed by atoms with Crippen LogP contribution >= 0.6 is 23.2 Å². The second-order valence-electron chi connectivity index (χ2n) is 4.35. The van der Waals surface area contributed by atoms with E-state index in [9.17, 15) is 0 Å². The summed E-state index contributed by atoms with van der Waals surface area (Å²) in [4.78, 5) is 0. The predicted molar refractivity (Wildman–Crippen MR) is 71.1 cm³/mol. The largest absolute Gasteiger partial charge is 0.396 e. The monoisotopic (exact) mass is 257 g/mol. The Morgan fingerprint density at radius 3 is 2.00 bits per heavy atom. The summed E-state index contributed by atoms with van der Waals surface area (Å²) >= 11 is 11.8. The molecule has 0 spiro atoms. The molecule has 1 aromatic carbocycles. The highest BCUT2D eigenvalue weighted by molar-refractivity contribution is 6.83. The molecule has 0 atom stereocenters. The Hall–Kier alpha value is -0.623. The molecule has 0 fully saturated rings. The molecule has 0 saturated heterocycles. The van der Waals surface area contributed by atoms with Crippen molar-refractivity contribution in [3.63, 3.8) is 0 Å². The summed E-state index contributed by atoms with van der Waals surface area (Å²) in [5, 5.41) is 0.921. The smallest absolute Gasteiger partial charge is 0.129 e. The van der Waals surface area contributed by atoms with Crippen molar-refractivity contribution in [1.29, 1.82) is 0 Å². The van der Waals surface area contributed by atoms with Crippen molar-refractivity contribution in [2.24, 2.45) is 0 Å². The summed E-state index contributed by atoms with van der Waals surface area (Å²) < 4.78 is 0. The molecule has 0 aliphatic heterocycles. The SMILES string of the molecule is C[Si](C)(C)C#Cc1cc(Cl)c(N)c(Cl)c1. The lowest BCUT2D eigenvalue weighted by Gasteiger charge is -2.04. The van der Waals surface area contributed by atoms with Crippen LogP contribution in [0.3, 0.4) is 0 Å². The summed E-state index contributed by atoms with van der Waals surface area (Å²) in [6.07, 6.45) is 0. The molecule has 4 heteroatoms. The van der Waals surface area contributed by atoms with Crippen molar-refractivity contribution in [3.05, 3.63) is 27.7 Å². The number of hydrogen-bond donors (Lipinski definition) is 1. The molecule has 0 bridgehead atoms. The van der Waals surface area contributed by atoms with Crippen LogP contribution in [0.25, 0.3) is 0 Å². The van der Waals surface area contributed by atoms with E-state index in [-0.39, 0.29) is 0 Å². The fourth-order valence-corrected chi connectivity index (χ4v) is 1.92. The Morgan fingerprint density at radius 2 is 1.60 bits per heavy atom. The van der Waals surface area contributed by atoms with Gasteiger partial charge in [0.25, 0.3) is 0 Å². The molecule has 0 radical (unpaired) electrons. The molecule has 80 valence electrons. The minimum absolute atomic E-state index is 0.414. The standard InChI is InChI=1S/C11H13Cl2NSi/c1-15(2,3)5-4-8-6-9(12)11(14)10(13)7-8/h6-7H,14H2,1-3H3. The van der Waals surface area contributed by atoms with Gasteiger partial charge in [-0.15, -0.1) is 5.54 Å². The van der Waals surface area contributed by atoms with Crippen LogP contribution in [0.4, 0.5) is 5.69 Å². The first kappa shape index (κ1) is 12.4. The van der Waals surface area contributed by atoms with E-state index in [0.717, 1.165) is 5.56 Å². The number of hydrogen-bond acceptors (Lipinski definition) is 1. The minimum Gasteiger partial charge on any atom is -0.396 e. The summed E-state index contributed by atoms with van der Waals surface area (Å²) in [6.45, 7) is 6.54. The topological polar surface area (TPSA) is 26.0 Å². The van der Waals surface area contributed by atoms with E-state index >= 15 is 0 Å². The molecular weight excluding hydrogens is 245 g/mol. The van der Waals surface area contributed by atoms with E-state index in [0.29, 0.717) is 15.7 Å². The molecule has 1 rings (SSSR count). The van der Waals surface area contributed by atoms with Crippen molar-refractivity contribution >= 4 is 37.0 Å². The minimum atomic E-state index is -1.37. The van der Waals surface area contributed by atoms with Gasteiger partial charge in [0.15, 0.2) is 0 Å². The predicted octanol–water partition coefficient (Wildman–Crippen LogP) is 3.80. The summed E-state index contributed by atoms with van der Waals surface area (Å²) in [5.41, 5.74) is 10.1. The van der Waals surface area contributed by atoms with Gasteiger partial charge in [-0.3, -0.25) is 0 Å². The molecule has 15 heavy (non-hydrogen) atoms. The molecule has 2 N–H and O–H groups in total. The lowest BCUT2D eigenvalue weighted by atomic mass is 10.2. The zero-order valence-corrected chi connectivity index (χ0v) is 11.5. The van der Waals surface area contributed by atoms with Crippen molar-refractivity contribution < 1.29 is 0 Å². The zero-order valence-electron chi connectivity index (χ0n) is 8.99. The highest BCUT2D eigenvalue weighted by Gasteiger charge is 2.08. The van der Waals surface area contributed by atoms with Crippen LogP contribution < -0.4 is 5.73 Å². The molecule has 0 saturated carbocycles. The second kappa shape index (κ2) is 4.48. The van der Waals surface area contributed by atoms with Crippen LogP contribution in [-0.2, 0) is 0 Å². The molecule has 0 aromatic heterocycles.